The molecule has 0 spiro atoms. The highest BCUT2D eigenvalue weighted by atomic mass is 16.5. The molecule has 2 amide bonds. The van der Waals surface area contributed by atoms with E-state index in [9.17, 15) is 9.59 Å². The van der Waals surface area contributed by atoms with Crippen LogP contribution in [0.25, 0.3) is 0 Å². The van der Waals surface area contributed by atoms with Crippen molar-refractivity contribution in [3.8, 4) is 0 Å². The van der Waals surface area contributed by atoms with Gasteiger partial charge in [-0.25, -0.2) is 0 Å². The highest BCUT2D eigenvalue weighted by molar-refractivity contribution is 5.96. The molecule has 1 heterocycles. The lowest BCUT2D eigenvalue weighted by atomic mass is 10.2. The van der Waals surface area contributed by atoms with E-state index in [1.54, 1.807) is 30.3 Å². The molecule has 0 saturated carbocycles. The van der Waals surface area contributed by atoms with E-state index in [2.05, 4.69) is 15.8 Å². The summed E-state index contributed by atoms with van der Waals surface area (Å²) in [5.74, 6) is -0.103. The monoisotopic (exact) mass is 274 g/mol. The molecule has 0 saturated heterocycles. The number of rotatable bonds is 5. The highest BCUT2D eigenvalue weighted by Gasteiger charge is 2.08. The summed E-state index contributed by atoms with van der Waals surface area (Å²) < 4.78 is 4.83. The fourth-order valence-electron chi connectivity index (χ4n) is 1.48. The number of carbonyl (C=O) groups excluding carboxylic acids is 2. The smallest absolute Gasteiger partial charge is 0.251 e. The van der Waals surface area contributed by atoms with Crippen LogP contribution in [0.4, 0.5) is 5.69 Å². The summed E-state index contributed by atoms with van der Waals surface area (Å²) in [7, 11) is 0. The first-order chi connectivity index (χ1) is 9.65. The number of nitrogens with two attached hydrogens (primary N) is 1. The molecular weight excluding hydrogens is 260 g/mol. The van der Waals surface area contributed by atoms with Crippen LogP contribution in [0.1, 0.15) is 16.1 Å². The molecule has 0 fully saturated rings. The van der Waals surface area contributed by atoms with E-state index >= 15 is 0 Å². The summed E-state index contributed by atoms with van der Waals surface area (Å²) in [4.78, 5) is 23.3. The van der Waals surface area contributed by atoms with Crippen LogP contribution in [0.2, 0.25) is 0 Å². The van der Waals surface area contributed by atoms with Crippen LogP contribution in [0.5, 0.6) is 0 Å². The maximum atomic E-state index is 11.7. The summed E-state index contributed by atoms with van der Waals surface area (Å²) in [6.45, 7) is 0.119. The van der Waals surface area contributed by atoms with Crippen LogP contribution in [-0.4, -0.2) is 23.5 Å². The summed E-state index contributed by atoms with van der Waals surface area (Å²) in [5, 5.41) is 8.62. The second-order valence-corrected chi connectivity index (χ2v) is 4.06. The second kappa shape index (κ2) is 6.37. The molecule has 0 bridgehead atoms. The lowest BCUT2D eigenvalue weighted by Gasteiger charge is -2.06. The first-order valence-corrected chi connectivity index (χ1v) is 5.95. The normalized spacial score (nSPS) is 10.0. The maximum Gasteiger partial charge on any atom is 0.251 e. The minimum Gasteiger partial charge on any atom is -0.399 e. The number of nitrogens with one attached hydrogen (secondary N) is 2. The zero-order valence-corrected chi connectivity index (χ0v) is 10.6. The van der Waals surface area contributed by atoms with Crippen molar-refractivity contribution in [3.63, 3.8) is 0 Å². The largest absolute Gasteiger partial charge is 0.399 e. The van der Waals surface area contributed by atoms with E-state index in [0.29, 0.717) is 17.0 Å². The van der Waals surface area contributed by atoms with Gasteiger partial charge in [0.15, 0.2) is 5.76 Å². The van der Waals surface area contributed by atoms with Gasteiger partial charge in [0.1, 0.15) is 0 Å². The summed E-state index contributed by atoms with van der Waals surface area (Å²) in [6.07, 6.45) is 1.49. The molecule has 0 aliphatic carbocycles. The number of nitrogens with zero attached hydrogens (tertiary/aromatic N) is 1. The Bertz CT molecular complexity index is 578. The van der Waals surface area contributed by atoms with Crippen molar-refractivity contribution in [3.05, 3.63) is 47.9 Å². The number of amides is 2. The summed E-state index contributed by atoms with van der Waals surface area (Å²) in [5.41, 5.74) is 6.55. The maximum absolute atomic E-state index is 11.7. The molecule has 0 unspecified atom stereocenters. The number of carbonyl (C=O) groups is 2. The van der Waals surface area contributed by atoms with Crippen LogP contribution in [0.3, 0.4) is 0 Å². The number of nitrogen functional groups attached to an aromatic ring is 1. The van der Waals surface area contributed by atoms with E-state index in [1.165, 1.54) is 6.20 Å². The van der Waals surface area contributed by atoms with Gasteiger partial charge in [-0.3, -0.25) is 9.59 Å². The fraction of sp³-hybridized carbons (Fsp3) is 0.154. The van der Waals surface area contributed by atoms with Gasteiger partial charge in [0.25, 0.3) is 5.91 Å². The Labute approximate surface area is 115 Å². The van der Waals surface area contributed by atoms with Crippen LogP contribution >= 0.6 is 0 Å². The van der Waals surface area contributed by atoms with Crippen molar-refractivity contribution in [2.45, 2.75) is 6.54 Å². The average molecular weight is 274 g/mol. The SMILES string of the molecule is Nc1ccc(C(=O)NCC(=O)NCc2ccno2)cc1. The molecule has 1 aromatic heterocycles. The zero-order valence-electron chi connectivity index (χ0n) is 10.6. The Morgan fingerprint density at radius 1 is 1.15 bits per heavy atom. The third-order valence-electron chi connectivity index (χ3n) is 2.53. The van der Waals surface area contributed by atoms with Crippen molar-refractivity contribution >= 4 is 17.5 Å². The number of benzene rings is 1. The Kier molecular flexibility index (Phi) is 4.33. The van der Waals surface area contributed by atoms with Crippen LogP contribution in [0, 0.1) is 0 Å². The first-order valence-electron chi connectivity index (χ1n) is 5.95. The lowest BCUT2D eigenvalue weighted by Crippen LogP contribution is -2.36. The van der Waals surface area contributed by atoms with Gasteiger partial charge >= 0.3 is 0 Å². The quantitative estimate of drug-likeness (QED) is 0.679. The Morgan fingerprint density at radius 2 is 1.90 bits per heavy atom. The van der Waals surface area contributed by atoms with Crippen molar-refractivity contribution in [2.75, 3.05) is 12.3 Å². The van der Waals surface area contributed by atoms with Crippen LogP contribution in [0.15, 0.2) is 41.1 Å². The lowest BCUT2D eigenvalue weighted by molar-refractivity contribution is -0.120. The molecule has 0 radical (unpaired) electrons. The Hall–Kier alpha value is -2.83. The van der Waals surface area contributed by atoms with Crippen molar-refractivity contribution in [1.29, 1.82) is 0 Å². The molecule has 1 aromatic carbocycles. The molecule has 20 heavy (non-hydrogen) atoms. The van der Waals surface area contributed by atoms with Gasteiger partial charge in [-0.2, -0.15) is 0 Å². The molecule has 7 heteroatoms. The topological polar surface area (TPSA) is 110 Å². The second-order valence-electron chi connectivity index (χ2n) is 4.06. The number of hydrogen-bond acceptors (Lipinski definition) is 5. The Balaban J connectivity index is 1.75. The van der Waals surface area contributed by atoms with E-state index in [1.807, 2.05) is 0 Å². The zero-order chi connectivity index (χ0) is 14.4. The molecule has 2 rings (SSSR count). The van der Waals surface area contributed by atoms with Gasteiger partial charge in [0.05, 0.1) is 19.3 Å². The van der Waals surface area contributed by atoms with Gasteiger partial charge < -0.3 is 20.9 Å². The summed E-state index contributed by atoms with van der Waals surface area (Å²) >= 11 is 0. The molecule has 104 valence electrons. The fourth-order valence-corrected chi connectivity index (χ4v) is 1.48. The standard InChI is InChI=1S/C13H14N4O3/c14-10-3-1-9(2-4-10)13(19)16-8-12(18)15-7-11-5-6-17-20-11/h1-6H,7-8,14H2,(H,15,18)(H,16,19). The highest BCUT2D eigenvalue weighted by Crippen LogP contribution is 2.04. The predicted octanol–water partition coefficient (Wildman–Crippen LogP) is 0.303. The molecule has 2 aromatic rings. The number of anilines is 1. The van der Waals surface area contributed by atoms with Gasteiger partial charge in [0.2, 0.25) is 5.91 Å². The van der Waals surface area contributed by atoms with Crippen molar-refractivity contribution in [1.82, 2.24) is 15.8 Å². The number of hydrogen-bond donors (Lipinski definition) is 3. The van der Waals surface area contributed by atoms with E-state index in [-0.39, 0.29) is 24.9 Å². The third kappa shape index (κ3) is 3.84. The average Bonchev–Trinajstić information content (AvgIpc) is 2.96. The van der Waals surface area contributed by atoms with E-state index < -0.39 is 0 Å². The van der Waals surface area contributed by atoms with Gasteiger partial charge in [-0.05, 0) is 24.3 Å². The molecule has 0 aliphatic heterocycles. The minimum absolute atomic E-state index is 0.114. The van der Waals surface area contributed by atoms with Gasteiger partial charge in [0, 0.05) is 17.3 Å². The predicted molar refractivity (Wildman–Crippen MR) is 71.5 cm³/mol. The molecule has 7 nitrogen and oxygen atoms in total. The minimum atomic E-state index is -0.334. The van der Waals surface area contributed by atoms with Crippen LogP contribution in [-0.2, 0) is 11.3 Å². The molecular formula is C13H14N4O3. The van der Waals surface area contributed by atoms with Gasteiger partial charge in [-0.1, -0.05) is 5.16 Å². The molecule has 4 N–H and O–H groups in total. The van der Waals surface area contributed by atoms with Gasteiger partial charge in [-0.15, -0.1) is 0 Å². The molecule has 0 atom stereocenters. The third-order valence-corrected chi connectivity index (χ3v) is 2.53. The first kappa shape index (κ1) is 13.6. The van der Waals surface area contributed by atoms with Crippen molar-refractivity contribution < 1.29 is 14.1 Å². The van der Waals surface area contributed by atoms with Crippen molar-refractivity contribution in [2.24, 2.45) is 0 Å². The van der Waals surface area contributed by atoms with Crippen LogP contribution < -0.4 is 16.4 Å². The van der Waals surface area contributed by atoms with E-state index in [0.717, 1.165) is 0 Å². The summed E-state index contributed by atoms with van der Waals surface area (Å²) in [6, 6.07) is 8.08. The van der Waals surface area contributed by atoms with E-state index in [4.69, 9.17) is 10.3 Å². The Morgan fingerprint density at radius 3 is 2.55 bits per heavy atom. The molecule has 0 aliphatic rings. The number of aromatic nitrogens is 1.